The molecule has 106 valence electrons. The summed E-state index contributed by atoms with van der Waals surface area (Å²) in [5, 5.41) is 0.167. The summed E-state index contributed by atoms with van der Waals surface area (Å²) in [5.41, 5.74) is 3.00. The van der Waals surface area contributed by atoms with Gasteiger partial charge < -0.3 is 9.64 Å². The Labute approximate surface area is 123 Å². The molecule has 20 heavy (non-hydrogen) atoms. The van der Waals surface area contributed by atoms with Crippen LogP contribution in [0.25, 0.3) is 11.4 Å². The molecule has 1 heterocycles. The maximum atomic E-state index is 5.99. The minimum Gasteiger partial charge on any atom is -0.496 e. The smallest absolute Gasteiger partial charge is 0.229 e. The number of anilines is 1. The van der Waals surface area contributed by atoms with Gasteiger partial charge in [0.1, 0.15) is 5.75 Å². The van der Waals surface area contributed by atoms with E-state index in [9.17, 15) is 0 Å². The third-order valence-corrected chi connectivity index (χ3v) is 3.05. The average molecular weight is 293 g/mol. The molecule has 0 unspecified atom stereocenters. The molecule has 0 spiro atoms. The maximum Gasteiger partial charge on any atom is 0.229 e. The summed E-state index contributed by atoms with van der Waals surface area (Å²) in [4.78, 5) is 14.5. The van der Waals surface area contributed by atoms with Crippen LogP contribution in [0, 0.1) is 13.8 Å². The Morgan fingerprint density at radius 3 is 2.40 bits per heavy atom. The number of benzene rings is 1. The molecule has 0 saturated heterocycles. The molecule has 0 fully saturated rings. The molecule has 0 aliphatic rings. The number of hydrogen-bond donors (Lipinski definition) is 0. The first-order chi connectivity index (χ1) is 9.42. The molecular weight excluding hydrogens is 276 g/mol. The molecule has 0 amide bonds. The monoisotopic (exact) mass is 292 g/mol. The SMILES string of the molecule is COc1cc(C)cc(C)c1-c1nc(Cl)nc(N(C)C)n1. The van der Waals surface area contributed by atoms with Crippen LogP contribution in [0.5, 0.6) is 5.75 Å². The lowest BCUT2D eigenvalue weighted by atomic mass is 10.0. The van der Waals surface area contributed by atoms with Gasteiger partial charge in [0.2, 0.25) is 11.2 Å². The second-order valence-electron chi connectivity index (χ2n) is 4.78. The van der Waals surface area contributed by atoms with Crippen LogP contribution in [0.1, 0.15) is 11.1 Å². The Kier molecular flexibility index (Phi) is 4.09. The maximum absolute atomic E-state index is 5.99. The zero-order valence-electron chi connectivity index (χ0n) is 12.2. The Balaban J connectivity index is 2.68. The van der Waals surface area contributed by atoms with Gasteiger partial charge in [-0.2, -0.15) is 15.0 Å². The van der Waals surface area contributed by atoms with E-state index in [0.29, 0.717) is 11.8 Å². The van der Waals surface area contributed by atoms with Crippen molar-refractivity contribution in [1.29, 1.82) is 0 Å². The van der Waals surface area contributed by atoms with Gasteiger partial charge in [0.25, 0.3) is 0 Å². The van der Waals surface area contributed by atoms with E-state index in [1.807, 2.05) is 34.0 Å². The normalized spacial score (nSPS) is 10.5. The Bertz CT molecular complexity index is 643. The minimum absolute atomic E-state index is 0.167. The Morgan fingerprint density at radius 2 is 1.80 bits per heavy atom. The van der Waals surface area contributed by atoms with Crippen molar-refractivity contribution in [1.82, 2.24) is 15.0 Å². The molecule has 0 atom stereocenters. The van der Waals surface area contributed by atoms with Gasteiger partial charge >= 0.3 is 0 Å². The molecule has 1 aromatic heterocycles. The first-order valence-corrected chi connectivity index (χ1v) is 6.54. The lowest BCUT2D eigenvalue weighted by molar-refractivity contribution is 0.415. The number of halogens is 1. The summed E-state index contributed by atoms with van der Waals surface area (Å²) in [6.45, 7) is 4.02. The molecule has 0 radical (unpaired) electrons. The molecule has 0 aliphatic carbocycles. The van der Waals surface area contributed by atoms with Crippen LogP contribution in [0.3, 0.4) is 0 Å². The highest BCUT2D eigenvalue weighted by Gasteiger charge is 2.16. The number of methoxy groups -OCH3 is 1. The highest BCUT2D eigenvalue weighted by Crippen LogP contribution is 2.33. The van der Waals surface area contributed by atoms with E-state index in [4.69, 9.17) is 16.3 Å². The van der Waals surface area contributed by atoms with E-state index in [0.717, 1.165) is 22.4 Å². The van der Waals surface area contributed by atoms with Crippen molar-refractivity contribution in [2.75, 3.05) is 26.1 Å². The third kappa shape index (κ3) is 2.82. The van der Waals surface area contributed by atoms with Gasteiger partial charge in [-0.15, -0.1) is 0 Å². The van der Waals surface area contributed by atoms with E-state index in [1.54, 1.807) is 12.0 Å². The van der Waals surface area contributed by atoms with E-state index in [-0.39, 0.29) is 5.28 Å². The topological polar surface area (TPSA) is 51.1 Å². The van der Waals surface area contributed by atoms with Crippen LogP contribution in [0.4, 0.5) is 5.95 Å². The van der Waals surface area contributed by atoms with Gasteiger partial charge in [0.15, 0.2) is 5.82 Å². The van der Waals surface area contributed by atoms with Crippen LogP contribution in [-0.4, -0.2) is 36.2 Å². The standard InChI is InChI=1S/C14H17ClN4O/c1-8-6-9(2)11(10(7-8)20-5)12-16-13(15)18-14(17-12)19(3)4/h6-7H,1-5H3. The Morgan fingerprint density at radius 1 is 1.10 bits per heavy atom. The molecule has 2 aromatic rings. The molecule has 5 nitrogen and oxygen atoms in total. The van der Waals surface area contributed by atoms with Gasteiger partial charge in [-0.25, -0.2) is 0 Å². The third-order valence-electron chi connectivity index (χ3n) is 2.88. The molecule has 1 aromatic carbocycles. The summed E-state index contributed by atoms with van der Waals surface area (Å²) in [7, 11) is 5.34. The first kappa shape index (κ1) is 14.5. The first-order valence-electron chi connectivity index (χ1n) is 6.17. The molecule has 0 bridgehead atoms. The van der Waals surface area contributed by atoms with Crippen molar-refractivity contribution < 1.29 is 4.74 Å². The molecule has 6 heteroatoms. The van der Waals surface area contributed by atoms with Gasteiger partial charge in [0, 0.05) is 14.1 Å². The van der Waals surface area contributed by atoms with Gasteiger partial charge in [-0.1, -0.05) is 6.07 Å². The van der Waals surface area contributed by atoms with Crippen molar-refractivity contribution in [2.24, 2.45) is 0 Å². The van der Waals surface area contributed by atoms with E-state index in [1.165, 1.54) is 0 Å². The fourth-order valence-electron chi connectivity index (χ4n) is 2.03. The number of aromatic nitrogens is 3. The van der Waals surface area contributed by atoms with Crippen molar-refractivity contribution in [3.05, 3.63) is 28.5 Å². The minimum atomic E-state index is 0.167. The van der Waals surface area contributed by atoms with E-state index < -0.39 is 0 Å². The summed E-state index contributed by atoms with van der Waals surface area (Å²) in [6, 6.07) is 4.01. The lowest BCUT2D eigenvalue weighted by Gasteiger charge is -2.14. The van der Waals surface area contributed by atoms with E-state index >= 15 is 0 Å². The zero-order chi connectivity index (χ0) is 14.9. The van der Waals surface area contributed by atoms with Gasteiger partial charge in [-0.3, -0.25) is 0 Å². The summed E-state index contributed by atoms with van der Waals surface area (Å²) >= 11 is 5.99. The molecule has 0 N–H and O–H groups in total. The summed E-state index contributed by atoms with van der Waals surface area (Å²) in [6.07, 6.45) is 0. The number of aryl methyl sites for hydroxylation is 2. The number of ether oxygens (including phenoxy) is 1. The molecule has 2 rings (SSSR count). The van der Waals surface area contributed by atoms with Crippen LogP contribution < -0.4 is 9.64 Å². The van der Waals surface area contributed by atoms with Gasteiger partial charge in [0.05, 0.1) is 12.7 Å². The predicted octanol–water partition coefficient (Wildman–Crippen LogP) is 2.88. The van der Waals surface area contributed by atoms with Crippen molar-refractivity contribution >= 4 is 17.5 Å². The summed E-state index contributed by atoms with van der Waals surface area (Å²) in [5.74, 6) is 1.76. The molecule has 0 saturated carbocycles. The van der Waals surface area contributed by atoms with Crippen molar-refractivity contribution in [3.63, 3.8) is 0 Å². The van der Waals surface area contributed by atoms with Crippen LogP contribution in [-0.2, 0) is 0 Å². The van der Waals surface area contributed by atoms with Crippen LogP contribution >= 0.6 is 11.6 Å². The van der Waals surface area contributed by atoms with Crippen molar-refractivity contribution in [3.8, 4) is 17.1 Å². The highest BCUT2D eigenvalue weighted by atomic mass is 35.5. The number of nitrogens with zero attached hydrogens (tertiary/aromatic N) is 4. The largest absolute Gasteiger partial charge is 0.496 e. The van der Waals surface area contributed by atoms with Crippen LogP contribution in [0.15, 0.2) is 12.1 Å². The van der Waals surface area contributed by atoms with E-state index in [2.05, 4.69) is 21.0 Å². The fourth-order valence-corrected chi connectivity index (χ4v) is 2.18. The van der Waals surface area contributed by atoms with Crippen LogP contribution in [0.2, 0.25) is 5.28 Å². The predicted molar refractivity (Wildman–Crippen MR) is 80.6 cm³/mol. The number of hydrogen-bond acceptors (Lipinski definition) is 5. The fraction of sp³-hybridized carbons (Fsp3) is 0.357. The van der Waals surface area contributed by atoms with Crippen molar-refractivity contribution in [2.45, 2.75) is 13.8 Å². The second kappa shape index (κ2) is 5.63. The average Bonchev–Trinajstić information content (AvgIpc) is 2.36. The van der Waals surface area contributed by atoms with Gasteiger partial charge in [-0.05, 0) is 42.6 Å². The lowest BCUT2D eigenvalue weighted by Crippen LogP contribution is -2.14. The zero-order valence-corrected chi connectivity index (χ0v) is 13.0. The summed E-state index contributed by atoms with van der Waals surface area (Å²) < 4.78 is 5.44. The number of rotatable bonds is 3. The highest BCUT2D eigenvalue weighted by molar-refractivity contribution is 6.28. The Hall–Kier alpha value is -1.88. The quantitative estimate of drug-likeness (QED) is 0.870. The second-order valence-corrected chi connectivity index (χ2v) is 5.12. The molecule has 0 aliphatic heterocycles. The molecular formula is C14H17ClN4O.